The molecule has 3 fully saturated rings. The zero-order chi connectivity index (χ0) is 36.4. The van der Waals surface area contributed by atoms with E-state index in [1.807, 2.05) is 15.8 Å². The summed E-state index contributed by atoms with van der Waals surface area (Å²) in [6.07, 6.45) is 5.31. The zero-order valence-corrected chi connectivity index (χ0v) is 31.3. The van der Waals surface area contributed by atoms with Gasteiger partial charge in [-0.3, -0.25) is 14.5 Å². The van der Waals surface area contributed by atoms with Crippen molar-refractivity contribution in [1.29, 1.82) is 0 Å². The van der Waals surface area contributed by atoms with Gasteiger partial charge in [-0.1, -0.05) is 37.3 Å². The molecular formula is C41H54N8O3. The van der Waals surface area contributed by atoms with Crippen molar-refractivity contribution in [3.05, 3.63) is 76.6 Å². The first-order valence-corrected chi connectivity index (χ1v) is 19.1. The number of hydrogen-bond acceptors (Lipinski definition) is 8. The molecule has 0 spiro atoms. The predicted octanol–water partition coefficient (Wildman–Crippen LogP) is 5.12. The number of primary amides is 1. The largest absolute Gasteiger partial charge is 0.381 e. The maximum absolute atomic E-state index is 14.5. The van der Waals surface area contributed by atoms with Crippen molar-refractivity contribution in [3.63, 3.8) is 0 Å². The van der Waals surface area contributed by atoms with E-state index in [-0.39, 0.29) is 11.9 Å². The Hall–Kier alpha value is -4.32. The van der Waals surface area contributed by atoms with Crippen molar-refractivity contribution >= 4 is 28.5 Å². The fourth-order valence-electron chi connectivity index (χ4n) is 7.86. The summed E-state index contributed by atoms with van der Waals surface area (Å²) in [6.45, 7) is 14.3. The molecule has 0 unspecified atom stereocenters. The maximum atomic E-state index is 14.5. The fraction of sp³-hybridized carbons (Fsp3) is 0.512. The smallest absolute Gasteiger partial charge is 0.238 e. The molecule has 3 aliphatic rings. The molecule has 0 bridgehead atoms. The second kappa shape index (κ2) is 15.3. The quantitative estimate of drug-likeness (QED) is 0.184. The molecular weight excluding hydrogens is 653 g/mol. The van der Waals surface area contributed by atoms with Gasteiger partial charge in [0.25, 0.3) is 0 Å². The average Bonchev–Trinajstić information content (AvgIpc) is 3.88. The molecule has 2 aromatic heterocycles. The molecule has 52 heavy (non-hydrogen) atoms. The molecule has 2 aromatic carbocycles. The number of rotatable bonds is 13. The van der Waals surface area contributed by atoms with Gasteiger partial charge in [-0.15, -0.1) is 0 Å². The minimum Gasteiger partial charge on any atom is -0.381 e. The van der Waals surface area contributed by atoms with Gasteiger partial charge >= 0.3 is 0 Å². The van der Waals surface area contributed by atoms with Crippen LogP contribution in [-0.2, 0) is 46.9 Å². The first-order chi connectivity index (χ1) is 25.2. The van der Waals surface area contributed by atoms with Crippen LogP contribution in [0.25, 0.3) is 22.2 Å². The summed E-state index contributed by atoms with van der Waals surface area (Å²) in [5.74, 6) is -0.752. The third-order valence-corrected chi connectivity index (χ3v) is 11.4. The van der Waals surface area contributed by atoms with Gasteiger partial charge in [0.05, 0.1) is 17.3 Å². The Balaban J connectivity index is 1.24. The number of likely N-dealkylation sites (N-methyl/N-ethyl adjacent to an activating group) is 1. The lowest BCUT2D eigenvalue weighted by molar-refractivity contribution is -0.144. The van der Waals surface area contributed by atoms with Gasteiger partial charge in [0, 0.05) is 82.9 Å². The van der Waals surface area contributed by atoms with Gasteiger partial charge in [0.15, 0.2) is 5.65 Å². The molecule has 3 N–H and O–H groups in total. The van der Waals surface area contributed by atoms with Crippen LogP contribution in [0.3, 0.4) is 0 Å². The summed E-state index contributed by atoms with van der Waals surface area (Å²) in [5.41, 5.74) is 14.2. The summed E-state index contributed by atoms with van der Waals surface area (Å²) in [5, 5.41) is 9.47. The maximum Gasteiger partial charge on any atom is 0.238 e. The lowest BCUT2D eigenvalue weighted by Crippen LogP contribution is -2.43. The molecule has 0 atom stereocenters. The topological polar surface area (TPSA) is 122 Å². The molecule has 4 heterocycles. The molecule has 11 heteroatoms. The summed E-state index contributed by atoms with van der Waals surface area (Å²) in [4.78, 5) is 39.2. The van der Waals surface area contributed by atoms with Crippen molar-refractivity contribution in [2.75, 3.05) is 51.8 Å². The lowest BCUT2D eigenvalue weighted by Gasteiger charge is -2.32. The number of nitrogens with zero attached hydrogens (tertiary/aromatic N) is 6. The van der Waals surface area contributed by atoms with Crippen LogP contribution in [0.1, 0.15) is 67.5 Å². The van der Waals surface area contributed by atoms with Crippen molar-refractivity contribution in [2.45, 2.75) is 85.1 Å². The van der Waals surface area contributed by atoms with Crippen LogP contribution in [0, 0.1) is 12.3 Å². The van der Waals surface area contributed by atoms with E-state index in [1.165, 1.54) is 16.7 Å². The zero-order valence-electron chi connectivity index (χ0n) is 31.3. The van der Waals surface area contributed by atoms with Crippen LogP contribution in [0.15, 0.2) is 48.7 Å². The number of nitrogens with one attached hydrogen (secondary N) is 1. The Bertz CT molecular complexity index is 1920. The van der Waals surface area contributed by atoms with Crippen LogP contribution in [0.4, 0.5) is 5.69 Å². The molecule has 276 valence electrons. The number of nitrogens with two attached hydrogens (primary N) is 1. The van der Waals surface area contributed by atoms with Gasteiger partial charge in [0.1, 0.15) is 5.41 Å². The number of fused-ring (bicyclic) bond motifs is 1. The highest BCUT2D eigenvalue weighted by atomic mass is 16.5. The van der Waals surface area contributed by atoms with Gasteiger partial charge in [-0.05, 0) is 92.9 Å². The van der Waals surface area contributed by atoms with Crippen LogP contribution in [0.5, 0.6) is 0 Å². The van der Waals surface area contributed by atoms with Crippen molar-refractivity contribution < 1.29 is 14.3 Å². The fourth-order valence-corrected chi connectivity index (χ4v) is 7.86. The number of benzene rings is 2. The second-order valence-electron chi connectivity index (χ2n) is 15.0. The molecule has 1 saturated carbocycles. The van der Waals surface area contributed by atoms with Crippen molar-refractivity contribution in [2.24, 2.45) is 11.1 Å². The first kappa shape index (κ1) is 36.1. The Labute approximate surface area is 307 Å². The minimum absolute atomic E-state index is 0.209. The van der Waals surface area contributed by atoms with Crippen LogP contribution >= 0.6 is 0 Å². The molecule has 2 saturated heterocycles. The molecule has 7 rings (SSSR count). The Morgan fingerprint density at radius 1 is 1.02 bits per heavy atom. The molecule has 1 aliphatic carbocycles. The molecule has 11 nitrogen and oxygen atoms in total. The van der Waals surface area contributed by atoms with E-state index in [4.69, 9.17) is 15.5 Å². The monoisotopic (exact) mass is 706 g/mol. The van der Waals surface area contributed by atoms with Crippen LogP contribution < -0.4 is 11.1 Å². The molecule has 2 aliphatic heterocycles. The number of pyridine rings is 1. The lowest BCUT2D eigenvalue weighted by atomic mass is 9.95. The van der Waals surface area contributed by atoms with E-state index in [0.717, 1.165) is 84.7 Å². The number of anilines is 1. The van der Waals surface area contributed by atoms with E-state index >= 15 is 0 Å². The standard InChI is InChI=1S/C41H54N8O3/c1-5-36-35(37(44-32-12-20-52-21-13-32)34-24-43-49(6-2)38(34)45-36)27-48(40(51)41(14-15-41)39(42)50)26-30-11-10-28(3)33(23-30)31-9-7-8-29(22-31)25-47-18-16-46(4)17-19-47/h7-11,22-24,32H,5-6,12-21,25-27H2,1-4H3,(H2,42,50)(H,44,45). The molecule has 0 radical (unpaired) electrons. The molecule has 4 aromatic rings. The highest BCUT2D eigenvalue weighted by Crippen LogP contribution is 2.48. The van der Waals surface area contributed by atoms with Crippen LogP contribution in [-0.4, -0.2) is 93.8 Å². The highest BCUT2D eigenvalue weighted by molar-refractivity contribution is 6.07. The number of piperazine rings is 1. The molecule has 2 amide bonds. The number of aromatic nitrogens is 3. The van der Waals surface area contributed by atoms with Gasteiger partial charge in [0.2, 0.25) is 11.8 Å². The van der Waals surface area contributed by atoms with Gasteiger partial charge < -0.3 is 25.6 Å². The summed E-state index contributed by atoms with van der Waals surface area (Å²) in [6, 6.07) is 15.5. The summed E-state index contributed by atoms with van der Waals surface area (Å²) in [7, 11) is 2.18. The minimum atomic E-state index is -1.16. The van der Waals surface area contributed by atoms with E-state index in [0.29, 0.717) is 52.1 Å². The van der Waals surface area contributed by atoms with Gasteiger partial charge in [-0.2, -0.15) is 5.10 Å². The number of hydrogen-bond donors (Lipinski definition) is 2. The van der Waals surface area contributed by atoms with Gasteiger partial charge in [-0.25, -0.2) is 9.67 Å². The number of carbonyl (C=O) groups is 2. The third-order valence-electron chi connectivity index (χ3n) is 11.4. The van der Waals surface area contributed by atoms with E-state index in [9.17, 15) is 9.59 Å². The van der Waals surface area contributed by atoms with E-state index in [1.54, 1.807) is 0 Å². The summed E-state index contributed by atoms with van der Waals surface area (Å²) < 4.78 is 7.60. The highest BCUT2D eigenvalue weighted by Gasteiger charge is 2.57. The summed E-state index contributed by atoms with van der Waals surface area (Å²) >= 11 is 0. The second-order valence-corrected chi connectivity index (χ2v) is 15.0. The van der Waals surface area contributed by atoms with E-state index in [2.05, 4.69) is 90.5 Å². The van der Waals surface area contributed by atoms with Crippen molar-refractivity contribution in [3.8, 4) is 11.1 Å². The first-order valence-electron chi connectivity index (χ1n) is 19.1. The normalized spacial score (nSPS) is 18.1. The Kier molecular flexibility index (Phi) is 10.6. The Morgan fingerprint density at radius 2 is 1.79 bits per heavy atom. The predicted molar refractivity (Wildman–Crippen MR) is 205 cm³/mol. The average molecular weight is 707 g/mol. The number of aryl methyl sites for hydroxylation is 3. The SMILES string of the molecule is CCc1nc2c(cnn2CC)c(NC2CCOCC2)c1CN(Cc1ccc(C)c(-c2cccc(CN3CCN(C)CC3)c2)c1)C(=O)C1(C(N)=O)CC1. The third kappa shape index (κ3) is 7.44. The van der Waals surface area contributed by atoms with E-state index < -0.39 is 11.3 Å². The van der Waals surface area contributed by atoms with Crippen LogP contribution in [0.2, 0.25) is 0 Å². The Morgan fingerprint density at radius 3 is 2.48 bits per heavy atom. The number of carbonyl (C=O) groups excluding carboxylic acids is 2. The number of amides is 2. The number of ether oxygens (including phenoxy) is 1. The van der Waals surface area contributed by atoms with Crippen molar-refractivity contribution in [1.82, 2.24) is 29.5 Å².